The summed E-state index contributed by atoms with van der Waals surface area (Å²) in [6, 6.07) is 10.8. The number of rotatable bonds is 7. The van der Waals surface area contributed by atoms with E-state index in [9.17, 15) is 9.59 Å². The number of thioether (sulfide) groups is 1. The number of methoxy groups -OCH3 is 1. The van der Waals surface area contributed by atoms with E-state index in [4.69, 9.17) is 9.15 Å². The van der Waals surface area contributed by atoms with Crippen LogP contribution in [0.3, 0.4) is 0 Å². The van der Waals surface area contributed by atoms with Crippen LogP contribution in [0.15, 0.2) is 64.6 Å². The first-order chi connectivity index (χ1) is 12.2. The summed E-state index contributed by atoms with van der Waals surface area (Å²) in [5.41, 5.74) is 0.970. The molecule has 5 nitrogen and oxygen atoms in total. The number of ether oxygens (including phenoxy) is 1. The van der Waals surface area contributed by atoms with Crippen molar-refractivity contribution in [3.8, 4) is 5.75 Å². The Morgan fingerprint density at radius 3 is 2.68 bits per heavy atom. The fourth-order valence-corrected chi connectivity index (χ4v) is 3.64. The summed E-state index contributed by atoms with van der Waals surface area (Å²) in [7, 11) is 1.54. The van der Waals surface area contributed by atoms with Crippen LogP contribution >= 0.6 is 11.8 Å². The average Bonchev–Trinajstić information content (AvgIpc) is 3.22. The number of furan rings is 1. The molecule has 2 heterocycles. The van der Waals surface area contributed by atoms with Gasteiger partial charge in [-0.25, -0.2) is 0 Å². The molecule has 1 aliphatic heterocycles. The molecule has 1 aromatic carbocycles. The summed E-state index contributed by atoms with van der Waals surface area (Å²) in [5.74, 6) is 1.09. The lowest BCUT2D eigenvalue weighted by Crippen LogP contribution is -2.31. The Hall–Kier alpha value is -2.73. The molecule has 1 aromatic heterocycles. The van der Waals surface area contributed by atoms with E-state index in [1.807, 2.05) is 18.2 Å². The third-order valence-electron chi connectivity index (χ3n) is 3.75. The molecule has 128 valence electrons. The molecular formula is C19H17NO4S. The molecule has 0 atom stereocenters. The molecular weight excluding hydrogens is 338 g/mol. The molecule has 0 N–H and O–H groups in total. The van der Waals surface area contributed by atoms with Gasteiger partial charge in [-0.05, 0) is 18.2 Å². The minimum atomic E-state index is -0.337. The number of carbonyl (C=O) groups is 2. The summed E-state index contributed by atoms with van der Waals surface area (Å²) in [6.07, 6.45) is 3.12. The van der Waals surface area contributed by atoms with Gasteiger partial charge in [-0.2, -0.15) is 0 Å². The normalized spacial score (nSPS) is 14.4. The fraction of sp³-hybridized carbons (Fsp3) is 0.158. The first-order valence-corrected chi connectivity index (χ1v) is 8.66. The van der Waals surface area contributed by atoms with Crippen molar-refractivity contribution in [2.24, 2.45) is 0 Å². The van der Waals surface area contributed by atoms with Crippen LogP contribution in [-0.2, 0) is 15.3 Å². The molecule has 0 spiro atoms. The number of nitrogens with zero attached hydrogens (tertiary/aromatic N) is 1. The molecule has 0 fully saturated rings. The van der Waals surface area contributed by atoms with Crippen molar-refractivity contribution in [3.63, 3.8) is 0 Å². The molecule has 0 aliphatic carbocycles. The smallest absolute Gasteiger partial charge is 0.268 e. The number of carbonyl (C=O) groups excluding carboxylic acids is 2. The van der Waals surface area contributed by atoms with Gasteiger partial charge in [0.15, 0.2) is 0 Å². The van der Waals surface area contributed by atoms with E-state index in [1.165, 1.54) is 29.8 Å². The summed E-state index contributed by atoms with van der Waals surface area (Å²) >= 11 is 1.29. The first-order valence-electron chi connectivity index (χ1n) is 7.67. The molecule has 0 saturated carbocycles. The second-order valence-electron chi connectivity index (χ2n) is 5.28. The van der Waals surface area contributed by atoms with Crippen molar-refractivity contribution in [2.45, 2.75) is 5.75 Å². The number of amides is 2. The highest BCUT2D eigenvalue weighted by atomic mass is 32.2. The molecule has 0 bridgehead atoms. The Morgan fingerprint density at radius 2 is 2.00 bits per heavy atom. The van der Waals surface area contributed by atoms with E-state index in [0.29, 0.717) is 27.5 Å². The van der Waals surface area contributed by atoms with Crippen LogP contribution in [0.1, 0.15) is 11.3 Å². The monoisotopic (exact) mass is 355 g/mol. The van der Waals surface area contributed by atoms with E-state index in [-0.39, 0.29) is 18.4 Å². The minimum absolute atomic E-state index is 0.168. The summed E-state index contributed by atoms with van der Waals surface area (Å²) in [4.78, 5) is 27.2. The van der Waals surface area contributed by atoms with Gasteiger partial charge in [0.1, 0.15) is 11.5 Å². The van der Waals surface area contributed by atoms with E-state index < -0.39 is 0 Å². The predicted molar refractivity (Wildman–Crippen MR) is 96.8 cm³/mol. The Balaban J connectivity index is 2.03. The summed E-state index contributed by atoms with van der Waals surface area (Å²) < 4.78 is 10.7. The highest BCUT2D eigenvalue weighted by Gasteiger charge is 2.39. The van der Waals surface area contributed by atoms with E-state index in [2.05, 4.69) is 6.58 Å². The molecule has 0 saturated heterocycles. The van der Waals surface area contributed by atoms with Crippen LogP contribution in [0.2, 0.25) is 0 Å². The molecule has 0 radical (unpaired) electrons. The lowest BCUT2D eigenvalue weighted by Gasteiger charge is -2.12. The molecule has 3 rings (SSSR count). The Morgan fingerprint density at radius 1 is 1.20 bits per heavy atom. The predicted octanol–water partition coefficient (Wildman–Crippen LogP) is 3.49. The van der Waals surface area contributed by atoms with Gasteiger partial charge < -0.3 is 9.15 Å². The van der Waals surface area contributed by atoms with Gasteiger partial charge >= 0.3 is 0 Å². The van der Waals surface area contributed by atoms with Crippen molar-refractivity contribution < 1.29 is 18.7 Å². The Labute approximate surface area is 150 Å². The third-order valence-corrected chi connectivity index (χ3v) is 4.85. The van der Waals surface area contributed by atoms with Crippen molar-refractivity contribution in [3.05, 3.63) is 71.5 Å². The second kappa shape index (κ2) is 7.44. The third kappa shape index (κ3) is 3.25. The number of hydrogen-bond acceptors (Lipinski definition) is 5. The quantitative estimate of drug-likeness (QED) is 0.562. The maximum Gasteiger partial charge on any atom is 0.268 e. The zero-order valence-corrected chi connectivity index (χ0v) is 14.5. The van der Waals surface area contributed by atoms with Crippen molar-refractivity contribution >= 4 is 29.1 Å². The standard InChI is InChI=1S/C19H17NO4S/c1-3-10-20-18(21)16(14-8-4-5-9-15(14)23-2)17(19(20)22)25-12-13-7-6-11-24-13/h3-9,11H,1,10,12H2,2H3. The van der Waals surface area contributed by atoms with Gasteiger partial charge in [0.2, 0.25) is 0 Å². The number of hydrogen-bond donors (Lipinski definition) is 0. The second-order valence-corrected chi connectivity index (χ2v) is 6.27. The Kier molecular flexibility index (Phi) is 5.09. The fourth-order valence-electron chi connectivity index (χ4n) is 2.61. The van der Waals surface area contributed by atoms with Gasteiger partial charge in [0, 0.05) is 12.1 Å². The van der Waals surface area contributed by atoms with Crippen molar-refractivity contribution in [1.29, 1.82) is 0 Å². The topological polar surface area (TPSA) is 59.8 Å². The van der Waals surface area contributed by atoms with Gasteiger partial charge in [-0.1, -0.05) is 24.3 Å². The van der Waals surface area contributed by atoms with E-state index in [1.54, 1.807) is 24.5 Å². The number of benzene rings is 1. The van der Waals surface area contributed by atoms with Crippen LogP contribution in [0.5, 0.6) is 5.75 Å². The SMILES string of the molecule is C=CCN1C(=O)C(SCc2ccco2)=C(c2ccccc2OC)C1=O. The molecule has 2 aromatic rings. The number of imide groups is 1. The van der Waals surface area contributed by atoms with Crippen LogP contribution in [0.4, 0.5) is 0 Å². The van der Waals surface area contributed by atoms with Gasteiger partial charge in [0.25, 0.3) is 11.8 Å². The van der Waals surface area contributed by atoms with E-state index >= 15 is 0 Å². The number of para-hydroxylation sites is 1. The maximum absolute atomic E-state index is 12.9. The van der Waals surface area contributed by atoms with Gasteiger partial charge in [-0.15, -0.1) is 18.3 Å². The Bertz CT molecular complexity index is 839. The lowest BCUT2D eigenvalue weighted by molar-refractivity contribution is -0.135. The lowest BCUT2D eigenvalue weighted by atomic mass is 10.1. The van der Waals surface area contributed by atoms with Crippen molar-refractivity contribution in [1.82, 2.24) is 4.90 Å². The summed E-state index contributed by atoms with van der Waals surface area (Å²) in [6.45, 7) is 3.79. The van der Waals surface area contributed by atoms with Gasteiger partial charge in [-0.3, -0.25) is 14.5 Å². The zero-order valence-electron chi connectivity index (χ0n) is 13.7. The largest absolute Gasteiger partial charge is 0.496 e. The summed E-state index contributed by atoms with van der Waals surface area (Å²) in [5, 5.41) is 0. The van der Waals surface area contributed by atoms with Crippen LogP contribution < -0.4 is 4.74 Å². The van der Waals surface area contributed by atoms with Gasteiger partial charge in [0.05, 0.1) is 29.6 Å². The van der Waals surface area contributed by atoms with Crippen LogP contribution in [0, 0.1) is 0 Å². The molecule has 25 heavy (non-hydrogen) atoms. The average molecular weight is 355 g/mol. The highest BCUT2D eigenvalue weighted by molar-refractivity contribution is 8.03. The van der Waals surface area contributed by atoms with Crippen molar-refractivity contribution in [2.75, 3.05) is 13.7 Å². The molecule has 2 amide bonds. The van der Waals surface area contributed by atoms with Crippen LogP contribution in [0.25, 0.3) is 5.57 Å². The van der Waals surface area contributed by atoms with E-state index in [0.717, 1.165) is 5.76 Å². The van der Waals surface area contributed by atoms with Crippen LogP contribution in [-0.4, -0.2) is 30.4 Å². The zero-order chi connectivity index (χ0) is 17.8. The molecule has 6 heteroatoms. The maximum atomic E-state index is 12.9. The molecule has 0 unspecified atom stereocenters. The first kappa shape index (κ1) is 17.1. The molecule has 1 aliphatic rings. The highest BCUT2D eigenvalue weighted by Crippen LogP contribution is 2.40. The minimum Gasteiger partial charge on any atom is -0.496 e.